The summed E-state index contributed by atoms with van der Waals surface area (Å²) in [6.07, 6.45) is 0.157. The topological polar surface area (TPSA) is 119 Å². The van der Waals surface area contributed by atoms with E-state index < -0.39 is 38.9 Å². The fourth-order valence-corrected chi connectivity index (χ4v) is 3.22. The van der Waals surface area contributed by atoms with Gasteiger partial charge in [0.25, 0.3) is 0 Å². The van der Waals surface area contributed by atoms with Crippen LogP contribution in [0, 0.1) is 0 Å². The van der Waals surface area contributed by atoms with Gasteiger partial charge in [0.1, 0.15) is 21.7 Å². The second kappa shape index (κ2) is 11.3. The molecule has 8 nitrogen and oxygen atoms in total. The number of carbonyl (C=O) groups excluding carboxylic acids is 3. The molecule has 0 amide bonds. The first kappa shape index (κ1) is 28.1. The highest BCUT2D eigenvalue weighted by molar-refractivity contribution is 14.1. The number of halogens is 1. The molecule has 0 radical (unpaired) electrons. The van der Waals surface area contributed by atoms with Gasteiger partial charge in [-0.3, -0.25) is 14.4 Å². The maximum Gasteiger partial charge on any atom is 0.322 e. The minimum absolute atomic E-state index is 0.0441. The van der Waals surface area contributed by atoms with Gasteiger partial charge in [0.15, 0.2) is 0 Å². The van der Waals surface area contributed by atoms with Crippen LogP contribution in [0.5, 0.6) is 0 Å². The standard InChI is InChI=1S/C22H37IO8/c1-7-22(6,23)19(26)30-14(15-11-12-18(25)29-15)9-8-10-17(24)31-16(21(4,5)28)13-20(2,3)27/h14-16,27-28H,7-13H2,1-6H3. The number of aliphatic hydroxyl groups is 2. The van der Waals surface area contributed by atoms with Gasteiger partial charge in [-0.25, -0.2) is 0 Å². The molecule has 180 valence electrons. The van der Waals surface area contributed by atoms with Crippen molar-refractivity contribution in [3.05, 3.63) is 0 Å². The van der Waals surface area contributed by atoms with E-state index in [-0.39, 0.29) is 31.2 Å². The molecule has 2 N–H and O–H groups in total. The summed E-state index contributed by atoms with van der Waals surface area (Å²) in [6.45, 7) is 9.88. The van der Waals surface area contributed by atoms with Gasteiger partial charge in [0.05, 0.1) is 11.2 Å². The molecule has 1 aliphatic rings. The van der Waals surface area contributed by atoms with E-state index in [1.807, 2.05) is 29.5 Å². The lowest BCUT2D eigenvalue weighted by Crippen LogP contribution is -2.44. The molecule has 1 rings (SSSR count). The number of ether oxygens (including phenoxy) is 3. The summed E-state index contributed by atoms with van der Waals surface area (Å²) in [7, 11) is 0. The van der Waals surface area contributed by atoms with Crippen molar-refractivity contribution in [3.8, 4) is 0 Å². The van der Waals surface area contributed by atoms with Crippen LogP contribution in [0.1, 0.15) is 86.5 Å². The van der Waals surface area contributed by atoms with Crippen molar-refractivity contribution in [1.82, 2.24) is 0 Å². The molecule has 0 spiro atoms. The van der Waals surface area contributed by atoms with E-state index >= 15 is 0 Å². The number of rotatable bonds is 12. The molecule has 0 aromatic rings. The molecular weight excluding hydrogens is 519 g/mol. The van der Waals surface area contributed by atoms with E-state index in [2.05, 4.69) is 0 Å². The van der Waals surface area contributed by atoms with Crippen LogP contribution in [0.4, 0.5) is 0 Å². The lowest BCUT2D eigenvalue weighted by Gasteiger charge is -2.33. The first-order valence-electron chi connectivity index (χ1n) is 10.8. The summed E-state index contributed by atoms with van der Waals surface area (Å²) in [5.41, 5.74) is -2.42. The van der Waals surface area contributed by atoms with E-state index in [4.69, 9.17) is 14.2 Å². The van der Waals surface area contributed by atoms with Gasteiger partial charge in [-0.05, 0) is 60.3 Å². The quantitative estimate of drug-likeness (QED) is 0.163. The molecular formula is C22H37IO8. The smallest absolute Gasteiger partial charge is 0.322 e. The molecule has 9 heteroatoms. The minimum atomic E-state index is -1.31. The molecule has 0 saturated carbocycles. The van der Waals surface area contributed by atoms with Crippen LogP contribution in [0.15, 0.2) is 0 Å². The zero-order valence-electron chi connectivity index (χ0n) is 19.4. The van der Waals surface area contributed by atoms with Crippen molar-refractivity contribution < 1.29 is 38.8 Å². The Morgan fingerprint density at radius 1 is 1.19 bits per heavy atom. The molecule has 1 fully saturated rings. The first-order valence-corrected chi connectivity index (χ1v) is 11.9. The first-order chi connectivity index (χ1) is 14.0. The van der Waals surface area contributed by atoms with Gasteiger partial charge in [0, 0.05) is 19.3 Å². The molecule has 1 heterocycles. The second-order valence-electron chi connectivity index (χ2n) is 9.60. The molecule has 1 saturated heterocycles. The zero-order valence-corrected chi connectivity index (χ0v) is 21.6. The Balaban J connectivity index is 2.70. The number of alkyl halides is 1. The molecule has 0 aromatic carbocycles. The van der Waals surface area contributed by atoms with E-state index in [1.165, 1.54) is 13.8 Å². The van der Waals surface area contributed by atoms with E-state index in [0.29, 0.717) is 25.7 Å². The summed E-state index contributed by atoms with van der Waals surface area (Å²) < 4.78 is 15.7. The van der Waals surface area contributed by atoms with Crippen LogP contribution in [-0.4, -0.2) is 61.1 Å². The van der Waals surface area contributed by atoms with Crippen molar-refractivity contribution in [2.24, 2.45) is 0 Å². The van der Waals surface area contributed by atoms with Crippen molar-refractivity contribution >= 4 is 40.5 Å². The van der Waals surface area contributed by atoms with Crippen LogP contribution in [0.2, 0.25) is 0 Å². The third kappa shape index (κ3) is 10.0. The second-order valence-corrected chi connectivity index (χ2v) is 12.0. The van der Waals surface area contributed by atoms with Gasteiger partial charge < -0.3 is 24.4 Å². The van der Waals surface area contributed by atoms with Crippen molar-refractivity contribution in [1.29, 1.82) is 0 Å². The highest BCUT2D eigenvalue weighted by Gasteiger charge is 2.38. The van der Waals surface area contributed by atoms with E-state index in [1.54, 1.807) is 20.8 Å². The van der Waals surface area contributed by atoms with Crippen LogP contribution < -0.4 is 0 Å². The van der Waals surface area contributed by atoms with Crippen LogP contribution in [-0.2, 0) is 28.6 Å². The third-order valence-corrected chi connectivity index (χ3v) is 6.50. The Bertz CT molecular complexity index is 632. The largest absolute Gasteiger partial charge is 0.459 e. The maximum atomic E-state index is 12.5. The number of esters is 3. The maximum absolute atomic E-state index is 12.5. The monoisotopic (exact) mass is 556 g/mol. The van der Waals surface area contributed by atoms with E-state index in [9.17, 15) is 24.6 Å². The molecule has 0 aliphatic carbocycles. The summed E-state index contributed by atoms with van der Waals surface area (Å²) in [5, 5.41) is 20.3. The fourth-order valence-electron chi connectivity index (χ4n) is 3.09. The molecule has 4 atom stereocenters. The molecule has 4 unspecified atom stereocenters. The minimum Gasteiger partial charge on any atom is -0.459 e. The van der Waals surface area contributed by atoms with Gasteiger partial charge in [-0.1, -0.05) is 29.5 Å². The van der Waals surface area contributed by atoms with Gasteiger partial charge >= 0.3 is 17.9 Å². The summed E-state index contributed by atoms with van der Waals surface area (Å²) in [4.78, 5) is 36.4. The van der Waals surface area contributed by atoms with Gasteiger partial charge in [-0.15, -0.1) is 0 Å². The lowest BCUT2D eigenvalue weighted by atomic mass is 9.91. The Kier molecular flexibility index (Phi) is 10.2. The Labute approximate surface area is 198 Å². The van der Waals surface area contributed by atoms with Crippen LogP contribution >= 0.6 is 22.6 Å². The van der Waals surface area contributed by atoms with Crippen molar-refractivity contribution in [2.75, 3.05) is 0 Å². The molecule has 0 bridgehead atoms. The fraction of sp³-hybridized carbons (Fsp3) is 0.864. The number of cyclic esters (lactones) is 1. The number of hydrogen-bond acceptors (Lipinski definition) is 8. The lowest BCUT2D eigenvalue weighted by molar-refractivity contribution is -0.168. The zero-order chi connectivity index (χ0) is 24.0. The van der Waals surface area contributed by atoms with Gasteiger partial charge in [-0.2, -0.15) is 0 Å². The summed E-state index contributed by atoms with van der Waals surface area (Å²) in [5.74, 6) is -1.21. The average molecular weight is 556 g/mol. The summed E-state index contributed by atoms with van der Waals surface area (Å²) >= 11 is 2.05. The normalized spacial score (nSPS) is 21.1. The Hall–Kier alpha value is -0.940. The molecule has 0 aromatic heterocycles. The van der Waals surface area contributed by atoms with E-state index in [0.717, 1.165) is 0 Å². The number of carbonyl (C=O) groups is 3. The van der Waals surface area contributed by atoms with Crippen molar-refractivity contribution in [2.45, 2.75) is 119 Å². The van der Waals surface area contributed by atoms with Crippen LogP contribution in [0.25, 0.3) is 0 Å². The highest BCUT2D eigenvalue weighted by Crippen LogP contribution is 2.29. The Morgan fingerprint density at radius 2 is 1.81 bits per heavy atom. The predicted octanol–water partition coefficient (Wildman–Crippen LogP) is 3.22. The average Bonchev–Trinajstić information content (AvgIpc) is 3.04. The number of hydrogen-bond donors (Lipinski definition) is 2. The third-order valence-electron chi connectivity index (χ3n) is 5.29. The molecule has 31 heavy (non-hydrogen) atoms. The van der Waals surface area contributed by atoms with Crippen LogP contribution in [0.3, 0.4) is 0 Å². The molecule has 1 aliphatic heterocycles. The van der Waals surface area contributed by atoms with Crippen molar-refractivity contribution in [3.63, 3.8) is 0 Å². The van der Waals surface area contributed by atoms with Gasteiger partial charge in [0.2, 0.25) is 0 Å². The SMILES string of the molecule is CCC(C)(I)C(=O)OC(CCCC(=O)OC(CC(C)(C)O)C(C)(C)O)C1CCC(=O)O1. The highest BCUT2D eigenvalue weighted by atomic mass is 127. The summed E-state index contributed by atoms with van der Waals surface area (Å²) in [6, 6.07) is 0. The predicted molar refractivity (Wildman–Crippen MR) is 123 cm³/mol. The Morgan fingerprint density at radius 3 is 2.26 bits per heavy atom.